The van der Waals surface area contributed by atoms with Crippen LogP contribution < -0.4 is 5.73 Å². The van der Waals surface area contributed by atoms with Crippen LogP contribution in [-0.2, 0) is 19.9 Å². The lowest BCUT2D eigenvalue weighted by molar-refractivity contribution is 0.890. The molecule has 2 heterocycles. The Morgan fingerprint density at radius 1 is 1.38 bits per heavy atom. The highest BCUT2D eigenvalue weighted by Gasteiger charge is 2.11. The van der Waals surface area contributed by atoms with E-state index < -0.39 is 0 Å². The molecule has 2 aromatic heterocycles. The van der Waals surface area contributed by atoms with Crippen molar-refractivity contribution in [2.45, 2.75) is 26.7 Å². The maximum Gasteiger partial charge on any atom is 0.143 e. The van der Waals surface area contributed by atoms with Gasteiger partial charge in [-0.25, -0.2) is 9.97 Å². The van der Waals surface area contributed by atoms with Crippen LogP contribution in [0.25, 0.3) is 11.0 Å². The molecule has 0 aliphatic rings. The number of hydrogen-bond acceptors (Lipinski definition) is 3. The summed E-state index contributed by atoms with van der Waals surface area (Å²) in [4.78, 5) is 9.08. The van der Waals surface area contributed by atoms with E-state index in [0.29, 0.717) is 6.54 Å². The summed E-state index contributed by atoms with van der Waals surface area (Å²) >= 11 is 0. The van der Waals surface area contributed by atoms with Gasteiger partial charge in [0.05, 0.1) is 5.69 Å². The quantitative estimate of drug-likeness (QED) is 0.845. The molecule has 0 bridgehead atoms. The van der Waals surface area contributed by atoms with E-state index in [1.165, 1.54) is 10.9 Å². The summed E-state index contributed by atoms with van der Waals surface area (Å²) in [6.07, 6.45) is 3.86. The van der Waals surface area contributed by atoms with Crippen LogP contribution in [0.2, 0.25) is 0 Å². The molecule has 0 aromatic carbocycles. The zero-order valence-corrected chi connectivity index (χ0v) is 10.1. The van der Waals surface area contributed by atoms with Gasteiger partial charge in [-0.15, -0.1) is 0 Å². The third-order valence-corrected chi connectivity index (χ3v) is 2.85. The van der Waals surface area contributed by atoms with Crippen LogP contribution >= 0.6 is 0 Å². The van der Waals surface area contributed by atoms with E-state index in [9.17, 15) is 0 Å². The number of nitrogens with two attached hydrogens (primary N) is 1. The van der Waals surface area contributed by atoms with Gasteiger partial charge in [0.2, 0.25) is 0 Å². The molecule has 16 heavy (non-hydrogen) atoms. The van der Waals surface area contributed by atoms with Crippen molar-refractivity contribution in [3.05, 3.63) is 23.3 Å². The first-order chi connectivity index (χ1) is 7.67. The van der Waals surface area contributed by atoms with Crippen molar-refractivity contribution in [3.63, 3.8) is 0 Å². The molecule has 86 valence electrons. The zero-order chi connectivity index (χ0) is 11.7. The highest BCUT2D eigenvalue weighted by atomic mass is 15.0. The molecule has 2 aromatic rings. The summed E-state index contributed by atoms with van der Waals surface area (Å²) in [6.45, 7) is 4.78. The van der Waals surface area contributed by atoms with E-state index in [0.717, 1.165) is 30.0 Å². The maximum absolute atomic E-state index is 5.62. The number of nitrogens with zero attached hydrogens (tertiary/aromatic N) is 3. The molecule has 2 N–H and O–H groups in total. The minimum absolute atomic E-state index is 0.661. The minimum atomic E-state index is 0.661. The van der Waals surface area contributed by atoms with E-state index in [2.05, 4.69) is 27.7 Å². The molecule has 0 spiro atoms. The number of rotatable bonds is 3. The Kier molecular flexibility index (Phi) is 2.92. The van der Waals surface area contributed by atoms with Crippen molar-refractivity contribution < 1.29 is 0 Å². The van der Waals surface area contributed by atoms with Gasteiger partial charge in [0.25, 0.3) is 0 Å². The lowest BCUT2D eigenvalue weighted by Gasteiger charge is -2.03. The average Bonchev–Trinajstić information content (AvgIpc) is 2.57. The predicted octanol–water partition coefficient (Wildman–Crippen LogP) is 1.34. The Hall–Kier alpha value is -1.42. The summed E-state index contributed by atoms with van der Waals surface area (Å²) in [5.41, 5.74) is 8.95. The molecule has 0 amide bonds. The van der Waals surface area contributed by atoms with Crippen molar-refractivity contribution in [1.82, 2.24) is 14.5 Å². The standard InChI is InChI=1S/C12H18N4/c1-4-10-14-8(2)11-9(5-6-13)7-16(3)12(11)15-10/h7H,4-6,13H2,1-3H3. The van der Waals surface area contributed by atoms with E-state index in [1.54, 1.807) is 0 Å². The fourth-order valence-electron chi connectivity index (χ4n) is 2.11. The molecule has 0 saturated heterocycles. The van der Waals surface area contributed by atoms with Crippen LogP contribution in [-0.4, -0.2) is 21.1 Å². The van der Waals surface area contributed by atoms with Crippen molar-refractivity contribution in [2.24, 2.45) is 12.8 Å². The van der Waals surface area contributed by atoms with Gasteiger partial charge in [0, 0.05) is 25.1 Å². The Bertz CT molecular complexity index is 513. The SMILES string of the molecule is CCc1nc(C)c2c(CCN)cn(C)c2n1. The van der Waals surface area contributed by atoms with Crippen LogP contribution in [0, 0.1) is 6.92 Å². The van der Waals surface area contributed by atoms with Gasteiger partial charge < -0.3 is 10.3 Å². The van der Waals surface area contributed by atoms with Gasteiger partial charge in [-0.2, -0.15) is 0 Å². The Morgan fingerprint density at radius 2 is 2.12 bits per heavy atom. The van der Waals surface area contributed by atoms with Crippen LogP contribution in [0.1, 0.15) is 24.0 Å². The van der Waals surface area contributed by atoms with E-state index in [-0.39, 0.29) is 0 Å². The average molecular weight is 218 g/mol. The fraction of sp³-hybridized carbons (Fsp3) is 0.500. The van der Waals surface area contributed by atoms with Gasteiger partial charge in [0.1, 0.15) is 11.5 Å². The monoisotopic (exact) mass is 218 g/mol. The number of hydrogen-bond donors (Lipinski definition) is 1. The molecule has 0 saturated carbocycles. The summed E-state index contributed by atoms with van der Waals surface area (Å²) in [7, 11) is 2.02. The first-order valence-electron chi connectivity index (χ1n) is 5.68. The molecule has 0 fully saturated rings. The van der Waals surface area contributed by atoms with Gasteiger partial charge >= 0.3 is 0 Å². The molecule has 2 rings (SSSR count). The molecular formula is C12H18N4. The van der Waals surface area contributed by atoms with Crippen LogP contribution in [0.15, 0.2) is 6.20 Å². The summed E-state index contributed by atoms with van der Waals surface area (Å²) < 4.78 is 2.06. The number of fused-ring (bicyclic) bond motifs is 1. The van der Waals surface area contributed by atoms with E-state index in [1.807, 2.05) is 14.0 Å². The molecule has 0 aliphatic heterocycles. The normalized spacial score (nSPS) is 11.2. The molecule has 4 nitrogen and oxygen atoms in total. The molecular weight excluding hydrogens is 200 g/mol. The fourth-order valence-corrected chi connectivity index (χ4v) is 2.11. The maximum atomic E-state index is 5.62. The third kappa shape index (κ3) is 1.69. The molecule has 0 atom stereocenters. The van der Waals surface area contributed by atoms with Gasteiger partial charge in [-0.1, -0.05) is 6.92 Å². The van der Waals surface area contributed by atoms with Crippen molar-refractivity contribution in [3.8, 4) is 0 Å². The highest BCUT2D eigenvalue weighted by molar-refractivity contribution is 5.82. The van der Waals surface area contributed by atoms with E-state index >= 15 is 0 Å². The second-order valence-corrected chi connectivity index (χ2v) is 4.08. The molecule has 0 unspecified atom stereocenters. The third-order valence-electron chi connectivity index (χ3n) is 2.85. The molecule has 0 radical (unpaired) electrons. The molecule has 0 aliphatic carbocycles. The largest absolute Gasteiger partial charge is 0.335 e. The minimum Gasteiger partial charge on any atom is -0.335 e. The highest BCUT2D eigenvalue weighted by Crippen LogP contribution is 2.22. The van der Waals surface area contributed by atoms with Crippen molar-refractivity contribution in [1.29, 1.82) is 0 Å². The predicted molar refractivity (Wildman–Crippen MR) is 65.4 cm³/mol. The number of aromatic nitrogens is 3. The summed E-state index contributed by atoms with van der Waals surface area (Å²) in [5, 5.41) is 1.17. The van der Waals surface area contributed by atoms with Crippen LogP contribution in [0.4, 0.5) is 0 Å². The Labute approximate surface area is 95.5 Å². The first-order valence-corrected chi connectivity index (χ1v) is 5.68. The summed E-state index contributed by atoms with van der Waals surface area (Å²) in [6, 6.07) is 0. The topological polar surface area (TPSA) is 56.7 Å². The lowest BCUT2D eigenvalue weighted by Crippen LogP contribution is -2.03. The first kappa shape index (κ1) is 11.1. The van der Waals surface area contributed by atoms with Gasteiger partial charge in [-0.05, 0) is 25.5 Å². The van der Waals surface area contributed by atoms with Crippen molar-refractivity contribution in [2.75, 3.05) is 6.54 Å². The van der Waals surface area contributed by atoms with Gasteiger partial charge in [-0.3, -0.25) is 0 Å². The Morgan fingerprint density at radius 3 is 2.75 bits per heavy atom. The summed E-state index contributed by atoms with van der Waals surface area (Å²) in [5.74, 6) is 0.908. The second-order valence-electron chi connectivity index (χ2n) is 4.08. The smallest absolute Gasteiger partial charge is 0.143 e. The van der Waals surface area contributed by atoms with Gasteiger partial charge in [0.15, 0.2) is 0 Å². The van der Waals surface area contributed by atoms with Crippen molar-refractivity contribution >= 4 is 11.0 Å². The van der Waals surface area contributed by atoms with E-state index in [4.69, 9.17) is 5.73 Å². The second kappa shape index (κ2) is 4.22. The van der Waals surface area contributed by atoms with Crippen LogP contribution in [0.5, 0.6) is 0 Å². The number of aryl methyl sites for hydroxylation is 3. The molecule has 4 heteroatoms. The zero-order valence-electron chi connectivity index (χ0n) is 10.1. The Balaban J connectivity index is 2.70. The lowest BCUT2D eigenvalue weighted by atomic mass is 10.1. The van der Waals surface area contributed by atoms with Crippen LogP contribution in [0.3, 0.4) is 0 Å².